The molecule has 3 aromatic rings. The Morgan fingerprint density at radius 1 is 1.09 bits per heavy atom. The predicted octanol–water partition coefficient (Wildman–Crippen LogP) is 6.74. The zero-order valence-electron chi connectivity index (χ0n) is 19.7. The molecule has 1 aromatic heterocycles. The summed E-state index contributed by atoms with van der Waals surface area (Å²) in [5.41, 5.74) is 6.17. The minimum absolute atomic E-state index is 0.156. The second-order valence-electron chi connectivity index (χ2n) is 8.83. The molecular weight excluding hydrogens is 432 g/mol. The summed E-state index contributed by atoms with van der Waals surface area (Å²) in [7, 11) is 0. The molecule has 0 saturated carbocycles. The average molecular weight is 463 g/mol. The number of ether oxygens (including phenoxy) is 1. The molecule has 2 N–H and O–H groups in total. The Balaban J connectivity index is 1.65. The first kappa shape index (κ1) is 23.3. The van der Waals surface area contributed by atoms with E-state index in [1.807, 2.05) is 25.1 Å². The topological polar surface area (TPSA) is 58.5 Å². The van der Waals surface area contributed by atoms with Crippen molar-refractivity contribution in [2.75, 3.05) is 23.8 Å². The number of amidine groups is 1. The van der Waals surface area contributed by atoms with Crippen LogP contribution < -0.4 is 10.6 Å². The molecule has 0 radical (unpaired) electrons. The van der Waals surface area contributed by atoms with Gasteiger partial charge in [0.25, 0.3) is 0 Å². The number of halogens is 1. The summed E-state index contributed by atoms with van der Waals surface area (Å²) >= 11 is 6.39. The molecule has 6 heteroatoms. The van der Waals surface area contributed by atoms with E-state index in [0.717, 1.165) is 40.5 Å². The van der Waals surface area contributed by atoms with Gasteiger partial charge in [0.05, 0.1) is 17.3 Å². The van der Waals surface area contributed by atoms with Crippen molar-refractivity contribution in [3.63, 3.8) is 0 Å². The lowest BCUT2D eigenvalue weighted by Gasteiger charge is -2.27. The van der Waals surface area contributed by atoms with E-state index in [1.54, 1.807) is 6.20 Å². The van der Waals surface area contributed by atoms with Crippen LogP contribution >= 0.6 is 11.6 Å². The number of hydrogen-bond donors (Lipinski definition) is 2. The van der Waals surface area contributed by atoms with Crippen molar-refractivity contribution in [3.05, 3.63) is 76.9 Å². The monoisotopic (exact) mass is 462 g/mol. The minimum atomic E-state index is -0.187. The molecule has 0 amide bonds. The Labute approximate surface area is 201 Å². The first-order valence-electron chi connectivity index (χ1n) is 11.5. The van der Waals surface area contributed by atoms with Gasteiger partial charge >= 0.3 is 0 Å². The number of pyridine rings is 1. The molecule has 1 atom stereocenters. The third-order valence-electron chi connectivity index (χ3n) is 6.21. The lowest BCUT2D eigenvalue weighted by Crippen LogP contribution is -2.32. The molecule has 1 unspecified atom stereocenters. The fraction of sp³-hybridized carbons (Fsp3) is 0.333. The summed E-state index contributed by atoms with van der Waals surface area (Å²) < 4.78 is 5.66. The van der Waals surface area contributed by atoms with Crippen molar-refractivity contribution < 1.29 is 4.74 Å². The maximum atomic E-state index is 6.39. The fourth-order valence-electron chi connectivity index (χ4n) is 3.81. The van der Waals surface area contributed by atoms with Crippen LogP contribution in [0.3, 0.4) is 0 Å². The molecule has 0 fully saturated rings. The SMILES string of the molecule is CCOCC1N=C(Nc2ccc(C(C)(C)CC)cc2)c2ccc(-c3ncccc3Cl)cc2N1. The van der Waals surface area contributed by atoms with E-state index in [2.05, 4.69) is 72.8 Å². The third-order valence-corrected chi connectivity index (χ3v) is 6.51. The van der Waals surface area contributed by atoms with Gasteiger partial charge in [-0.2, -0.15) is 0 Å². The van der Waals surface area contributed by atoms with E-state index >= 15 is 0 Å². The van der Waals surface area contributed by atoms with Gasteiger partial charge < -0.3 is 15.4 Å². The van der Waals surface area contributed by atoms with Crippen molar-refractivity contribution in [1.82, 2.24) is 4.98 Å². The van der Waals surface area contributed by atoms with E-state index in [0.29, 0.717) is 18.2 Å². The lowest BCUT2D eigenvalue weighted by atomic mass is 9.82. The molecular formula is C27H31ClN4O. The molecule has 0 spiro atoms. The molecule has 33 heavy (non-hydrogen) atoms. The summed E-state index contributed by atoms with van der Waals surface area (Å²) in [5, 5.41) is 7.64. The molecule has 2 heterocycles. The quantitative estimate of drug-likeness (QED) is 0.408. The molecule has 0 bridgehead atoms. The van der Waals surface area contributed by atoms with Crippen LogP contribution in [0.2, 0.25) is 5.02 Å². The van der Waals surface area contributed by atoms with E-state index in [1.165, 1.54) is 5.56 Å². The number of fused-ring (bicyclic) bond motifs is 1. The Kier molecular flexibility index (Phi) is 7.01. The molecule has 0 saturated heterocycles. The van der Waals surface area contributed by atoms with Gasteiger partial charge in [-0.1, -0.05) is 50.6 Å². The number of benzene rings is 2. The molecule has 4 rings (SSSR count). The van der Waals surface area contributed by atoms with E-state index in [4.69, 9.17) is 21.3 Å². The van der Waals surface area contributed by atoms with E-state index in [-0.39, 0.29) is 11.6 Å². The highest BCUT2D eigenvalue weighted by Crippen LogP contribution is 2.32. The number of hydrogen-bond acceptors (Lipinski definition) is 5. The van der Waals surface area contributed by atoms with E-state index < -0.39 is 0 Å². The van der Waals surface area contributed by atoms with Crippen molar-refractivity contribution in [3.8, 4) is 11.3 Å². The van der Waals surface area contributed by atoms with Gasteiger partial charge in [0.2, 0.25) is 0 Å². The van der Waals surface area contributed by atoms with Gasteiger partial charge in [-0.25, -0.2) is 4.99 Å². The van der Waals surface area contributed by atoms with Gasteiger partial charge in [0.1, 0.15) is 12.0 Å². The zero-order valence-corrected chi connectivity index (χ0v) is 20.4. The standard InChI is InChI=1S/C27H31ClN4O/c1-5-27(3,4)19-10-12-20(13-11-19)30-26-21-14-9-18(25-22(28)8-7-15-29-25)16-23(21)31-24(32-26)17-33-6-2/h7-16,24,31H,5-6,17H2,1-4H3,(H,30,32). The molecule has 1 aliphatic heterocycles. The van der Waals surface area contributed by atoms with Crippen molar-refractivity contribution in [1.29, 1.82) is 0 Å². The smallest absolute Gasteiger partial charge is 0.144 e. The zero-order chi connectivity index (χ0) is 23.4. The Bertz CT molecular complexity index is 1140. The van der Waals surface area contributed by atoms with Crippen molar-refractivity contribution in [2.24, 2.45) is 4.99 Å². The third kappa shape index (κ3) is 5.21. The van der Waals surface area contributed by atoms with Crippen LogP contribution in [0.25, 0.3) is 11.3 Å². The number of nitrogens with one attached hydrogen (secondary N) is 2. The lowest BCUT2D eigenvalue weighted by molar-refractivity contribution is 0.139. The fourth-order valence-corrected chi connectivity index (χ4v) is 4.04. The summed E-state index contributed by atoms with van der Waals surface area (Å²) in [6.45, 7) is 9.87. The first-order valence-corrected chi connectivity index (χ1v) is 11.8. The Hall–Kier alpha value is -2.89. The minimum Gasteiger partial charge on any atom is -0.378 e. The van der Waals surface area contributed by atoms with Crippen LogP contribution in [0.15, 0.2) is 65.8 Å². The van der Waals surface area contributed by atoms with Crippen molar-refractivity contribution in [2.45, 2.75) is 45.7 Å². The predicted molar refractivity (Wildman–Crippen MR) is 139 cm³/mol. The van der Waals surface area contributed by atoms with Crippen LogP contribution in [-0.2, 0) is 10.2 Å². The highest BCUT2D eigenvalue weighted by atomic mass is 35.5. The van der Waals surface area contributed by atoms with Gasteiger partial charge in [0.15, 0.2) is 0 Å². The van der Waals surface area contributed by atoms with Crippen LogP contribution in [-0.4, -0.2) is 30.2 Å². The normalized spacial score (nSPS) is 15.4. The van der Waals surface area contributed by atoms with Crippen LogP contribution in [0.5, 0.6) is 0 Å². The highest BCUT2D eigenvalue weighted by Gasteiger charge is 2.22. The van der Waals surface area contributed by atoms with Crippen LogP contribution in [0, 0.1) is 0 Å². The molecule has 172 valence electrons. The number of nitrogens with zero attached hydrogens (tertiary/aromatic N) is 2. The van der Waals surface area contributed by atoms with Crippen LogP contribution in [0.4, 0.5) is 11.4 Å². The maximum Gasteiger partial charge on any atom is 0.144 e. The number of rotatable bonds is 7. The largest absolute Gasteiger partial charge is 0.378 e. The number of aromatic nitrogens is 1. The number of anilines is 2. The van der Waals surface area contributed by atoms with Gasteiger partial charge in [-0.3, -0.25) is 4.98 Å². The summed E-state index contributed by atoms with van der Waals surface area (Å²) in [6.07, 6.45) is 2.66. The second kappa shape index (κ2) is 9.94. The highest BCUT2D eigenvalue weighted by molar-refractivity contribution is 6.33. The van der Waals surface area contributed by atoms with Gasteiger partial charge in [-0.05, 0) is 60.7 Å². The summed E-state index contributed by atoms with van der Waals surface area (Å²) in [5.74, 6) is 0.814. The number of aliphatic imine (C=N–C) groups is 1. The average Bonchev–Trinajstić information content (AvgIpc) is 2.83. The summed E-state index contributed by atoms with van der Waals surface area (Å²) in [4.78, 5) is 9.35. The maximum absolute atomic E-state index is 6.39. The molecule has 0 aliphatic carbocycles. The van der Waals surface area contributed by atoms with Gasteiger partial charge in [0, 0.05) is 35.3 Å². The van der Waals surface area contributed by atoms with Crippen molar-refractivity contribution >= 4 is 28.8 Å². The Morgan fingerprint density at radius 3 is 2.58 bits per heavy atom. The molecule has 1 aliphatic rings. The van der Waals surface area contributed by atoms with Crippen LogP contribution in [0.1, 0.15) is 45.2 Å². The van der Waals surface area contributed by atoms with Gasteiger partial charge in [-0.15, -0.1) is 0 Å². The summed E-state index contributed by atoms with van der Waals surface area (Å²) in [6, 6.07) is 18.5. The molecule has 5 nitrogen and oxygen atoms in total. The Morgan fingerprint density at radius 2 is 1.88 bits per heavy atom. The first-order chi connectivity index (χ1) is 15.9. The second-order valence-corrected chi connectivity index (χ2v) is 9.24. The molecule has 2 aromatic carbocycles. The van der Waals surface area contributed by atoms with E-state index in [9.17, 15) is 0 Å².